The zero-order valence-electron chi connectivity index (χ0n) is 17.8. The minimum absolute atomic E-state index is 0.00394. The summed E-state index contributed by atoms with van der Waals surface area (Å²) in [6, 6.07) is 4.90. The highest BCUT2D eigenvalue weighted by Gasteiger charge is 2.33. The Bertz CT molecular complexity index is 926. The molecule has 1 aromatic carbocycles. The van der Waals surface area contributed by atoms with Crippen molar-refractivity contribution in [1.29, 1.82) is 0 Å². The van der Waals surface area contributed by atoms with Crippen molar-refractivity contribution < 1.29 is 22.8 Å². The molecule has 174 valence electrons. The van der Waals surface area contributed by atoms with Gasteiger partial charge in [0.1, 0.15) is 0 Å². The highest BCUT2D eigenvalue weighted by molar-refractivity contribution is 7.99. The summed E-state index contributed by atoms with van der Waals surface area (Å²) in [6.07, 6.45) is 0.0589. The summed E-state index contributed by atoms with van der Waals surface area (Å²) in [6.45, 7) is 4.80. The lowest BCUT2D eigenvalue weighted by Gasteiger charge is -2.34. The molecule has 1 aromatic heterocycles. The standard InChI is InChI=1S/C21H26F3N5O2S/c1-2-8-29-9-7-25-20(29)32-15-19(31)28-12-10-27(11-13-28)14-18(30)26-17-6-4-3-5-16(17)21(22,23)24/h3-7,9H,2,8,10-15H2,1H3,(H,26,30). The fourth-order valence-electron chi connectivity index (χ4n) is 3.45. The average molecular weight is 470 g/mol. The van der Waals surface area contributed by atoms with Crippen LogP contribution in [-0.4, -0.2) is 69.6 Å². The van der Waals surface area contributed by atoms with Crippen LogP contribution in [0.3, 0.4) is 0 Å². The predicted molar refractivity (Wildman–Crippen MR) is 116 cm³/mol. The number of benzene rings is 1. The number of imidazole rings is 1. The predicted octanol–water partition coefficient (Wildman–Crippen LogP) is 3.19. The van der Waals surface area contributed by atoms with E-state index < -0.39 is 17.6 Å². The molecule has 32 heavy (non-hydrogen) atoms. The zero-order chi connectivity index (χ0) is 23.1. The number of anilines is 1. The molecule has 1 aliphatic rings. The van der Waals surface area contributed by atoms with Crippen LogP contribution in [0.5, 0.6) is 0 Å². The summed E-state index contributed by atoms with van der Waals surface area (Å²) < 4.78 is 41.3. The molecule has 0 aliphatic carbocycles. The van der Waals surface area contributed by atoms with Crippen LogP contribution in [0.15, 0.2) is 41.8 Å². The Balaban J connectivity index is 1.44. The molecule has 0 spiro atoms. The lowest BCUT2D eigenvalue weighted by Crippen LogP contribution is -2.51. The van der Waals surface area contributed by atoms with Gasteiger partial charge in [0.05, 0.1) is 23.5 Å². The van der Waals surface area contributed by atoms with Crippen LogP contribution in [0.25, 0.3) is 0 Å². The lowest BCUT2D eigenvalue weighted by molar-refractivity contribution is -0.137. The van der Waals surface area contributed by atoms with Crippen LogP contribution in [0, 0.1) is 0 Å². The molecular formula is C21H26F3N5O2S. The van der Waals surface area contributed by atoms with Gasteiger partial charge in [-0.05, 0) is 18.6 Å². The topological polar surface area (TPSA) is 70.5 Å². The van der Waals surface area contributed by atoms with Gasteiger partial charge in [-0.15, -0.1) is 0 Å². The van der Waals surface area contributed by atoms with Gasteiger partial charge in [-0.25, -0.2) is 4.98 Å². The summed E-state index contributed by atoms with van der Waals surface area (Å²) in [5.74, 6) is -0.223. The molecule has 1 aliphatic heterocycles. The Morgan fingerprint density at radius 3 is 2.56 bits per heavy atom. The third-order valence-corrected chi connectivity index (χ3v) is 6.05. The van der Waals surface area contributed by atoms with Gasteiger partial charge in [0.25, 0.3) is 0 Å². The molecule has 0 saturated carbocycles. The zero-order valence-corrected chi connectivity index (χ0v) is 18.6. The number of piperazine rings is 1. The van der Waals surface area contributed by atoms with Crippen LogP contribution >= 0.6 is 11.8 Å². The maximum atomic E-state index is 13.1. The fraction of sp³-hybridized carbons (Fsp3) is 0.476. The Morgan fingerprint density at radius 2 is 1.88 bits per heavy atom. The summed E-state index contributed by atoms with van der Waals surface area (Å²) in [4.78, 5) is 32.7. The van der Waals surface area contributed by atoms with Gasteiger partial charge in [-0.2, -0.15) is 13.2 Å². The van der Waals surface area contributed by atoms with Gasteiger partial charge in [0, 0.05) is 45.1 Å². The van der Waals surface area contributed by atoms with E-state index in [0.717, 1.165) is 24.2 Å². The fourth-order valence-corrected chi connectivity index (χ4v) is 4.34. The summed E-state index contributed by atoms with van der Waals surface area (Å²) in [5.41, 5.74) is -1.13. The molecular weight excluding hydrogens is 443 g/mol. The minimum atomic E-state index is -4.54. The van der Waals surface area contributed by atoms with Crippen LogP contribution in [0.1, 0.15) is 18.9 Å². The number of halogens is 3. The van der Waals surface area contributed by atoms with E-state index in [1.165, 1.54) is 30.0 Å². The average Bonchev–Trinajstić information content (AvgIpc) is 3.19. The number of alkyl halides is 3. The Kier molecular flexibility index (Phi) is 8.19. The highest BCUT2D eigenvalue weighted by atomic mass is 32.2. The molecule has 2 amide bonds. The molecule has 0 atom stereocenters. The Morgan fingerprint density at radius 1 is 1.16 bits per heavy atom. The van der Waals surface area contributed by atoms with Crippen LogP contribution < -0.4 is 5.32 Å². The molecule has 0 radical (unpaired) electrons. The first-order chi connectivity index (χ1) is 15.3. The minimum Gasteiger partial charge on any atom is -0.339 e. The monoisotopic (exact) mass is 469 g/mol. The molecule has 0 unspecified atom stereocenters. The normalized spacial score (nSPS) is 15.1. The second kappa shape index (κ2) is 10.9. The van der Waals surface area contributed by atoms with E-state index in [-0.39, 0.29) is 23.9 Å². The van der Waals surface area contributed by atoms with Crippen molar-refractivity contribution in [2.75, 3.05) is 43.8 Å². The number of carbonyl (C=O) groups is 2. The van der Waals surface area contributed by atoms with Gasteiger partial charge in [0.2, 0.25) is 11.8 Å². The molecule has 2 aromatic rings. The number of thioether (sulfide) groups is 1. The number of aromatic nitrogens is 2. The largest absolute Gasteiger partial charge is 0.418 e. The lowest BCUT2D eigenvalue weighted by atomic mass is 10.1. The first-order valence-electron chi connectivity index (χ1n) is 10.4. The Hall–Kier alpha value is -2.53. The second-order valence-electron chi connectivity index (χ2n) is 7.44. The molecule has 0 bridgehead atoms. The smallest absolute Gasteiger partial charge is 0.339 e. The molecule has 7 nitrogen and oxygen atoms in total. The maximum absolute atomic E-state index is 13.1. The number of carbonyl (C=O) groups excluding carboxylic acids is 2. The summed E-state index contributed by atoms with van der Waals surface area (Å²) in [5, 5.41) is 3.17. The van der Waals surface area contributed by atoms with E-state index in [2.05, 4.69) is 17.2 Å². The molecule has 11 heteroatoms. The van der Waals surface area contributed by atoms with Crippen LogP contribution in [0.2, 0.25) is 0 Å². The van der Waals surface area contributed by atoms with Crippen molar-refractivity contribution in [2.45, 2.75) is 31.2 Å². The number of rotatable bonds is 8. The van der Waals surface area contributed by atoms with Crippen molar-refractivity contribution in [3.05, 3.63) is 42.2 Å². The van der Waals surface area contributed by atoms with Gasteiger partial charge in [-0.3, -0.25) is 14.5 Å². The summed E-state index contributed by atoms with van der Waals surface area (Å²) >= 11 is 1.40. The van der Waals surface area contributed by atoms with Gasteiger partial charge < -0.3 is 14.8 Å². The van der Waals surface area contributed by atoms with Gasteiger partial charge in [0.15, 0.2) is 5.16 Å². The number of nitrogens with one attached hydrogen (secondary N) is 1. The van der Waals surface area contributed by atoms with Crippen molar-refractivity contribution in [3.63, 3.8) is 0 Å². The van der Waals surface area contributed by atoms with E-state index >= 15 is 0 Å². The molecule has 1 fully saturated rings. The highest BCUT2D eigenvalue weighted by Crippen LogP contribution is 2.34. The first-order valence-corrected chi connectivity index (χ1v) is 11.4. The molecule has 2 heterocycles. The van der Waals surface area contributed by atoms with E-state index in [1.807, 2.05) is 15.7 Å². The van der Waals surface area contributed by atoms with Crippen molar-refractivity contribution >= 4 is 29.3 Å². The number of hydrogen-bond acceptors (Lipinski definition) is 5. The van der Waals surface area contributed by atoms with Crippen molar-refractivity contribution in [1.82, 2.24) is 19.4 Å². The third kappa shape index (κ3) is 6.49. The van der Waals surface area contributed by atoms with Gasteiger partial charge >= 0.3 is 6.18 Å². The first kappa shape index (κ1) is 24.1. The molecule has 1 N–H and O–H groups in total. The number of nitrogens with zero attached hydrogens (tertiary/aromatic N) is 4. The third-order valence-electron chi connectivity index (χ3n) is 5.07. The van der Waals surface area contributed by atoms with E-state index in [4.69, 9.17) is 0 Å². The van der Waals surface area contributed by atoms with E-state index in [0.29, 0.717) is 26.2 Å². The quantitative estimate of drug-likeness (QED) is 0.602. The number of aryl methyl sites for hydroxylation is 1. The van der Waals surface area contributed by atoms with Crippen molar-refractivity contribution in [2.24, 2.45) is 0 Å². The van der Waals surface area contributed by atoms with Crippen LogP contribution in [0.4, 0.5) is 18.9 Å². The second-order valence-corrected chi connectivity index (χ2v) is 8.38. The number of amides is 2. The Labute approximate surface area is 189 Å². The van der Waals surface area contributed by atoms with Crippen LogP contribution in [-0.2, 0) is 22.3 Å². The van der Waals surface area contributed by atoms with Crippen molar-refractivity contribution in [3.8, 4) is 0 Å². The molecule has 3 rings (SSSR count). The summed E-state index contributed by atoms with van der Waals surface area (Å²) in [7, 11) is 0. The van der Waals surface area contributed by atoms with E-state index in [9.17, 15) is 22.8 Å². The SMILES string of the molecule is CCCn1ccnc1SCC(=O)N1CCN(CC(=O)Nc2ccccc2C(F)(F)F)CC1. The maximum Gasteiger partial charge on any atom is 0.418 e. The van der Waals surface area contributed by atoms with E-state index in [1.54, 1.807) is 11.1 Å². The number of hydrogen-bond donors (Lipinski definition) is 1. The number of para-hydroxylation sites is 1. The van der Waals surface area contributed by atoms with Gasteiger partial charge in [-0.1, -0.05) is 30.8 Å². The molecule has 1 saturated heterocycles.